The molecule has 4 nitrogen and oxygen atoms in total. The maximum Gasteiger partial charge on any atom is 0.147 e. The molecule has 1 heterocycles. The van der Waals surface area contributed by atoms with Crippen LogP contribution in [0.15, 0.2) is 30.3 Å². The van der Waals surface area contributed by atoms with Gasteiger partial charge in [0.1, 0.15) is 17.4 Å². The van der Waals surface area contributed by atoms with E-state index in [4.69, 9.17) is 27.9 Å². The van der Waals surface area contributed by atoms with Gasteiger partial charge in [-0.15, -0.1) is 0 Å². The van der Waals surface area contributed by atoms with Gasteiger partial charge >= 0.3 is 0 Å². The highest BCUT2D eigenvalue weighted by Gasteiger charge is 2.08. The molecular formula is C15H17Cl2N3O. The maximum absolute atomic E-state index is 6.16. The summed E-state index contributed by atoms with van der Waals surface area (Å²) < 4.78 is 5.20. The van der Waals surface area contributed by atoms with E-state index >= 15 is 0 Å². The number of aromatic nitrogens is 1. The van der Waals surface area contributed by atoms with Crippen LogP contribution in [-0.2, 0) is 6.54 Å². The number of hydrogen-bond acceptors (Lipinski definition) is 4. The molecular weight excluding hydrogens is 309 g/mol. The summed E-state index contributed by atoms with van der Waals surface area (Å²) in [7, 11) is 1.65. The predicted octanol–water partition coefficient (Wildman–Crippen LogP) is 4.44. The van der Waals surface area contributed by atoms with Crippen molar-refractivity contribution in [1.29, 1.82) is 0 Å². The van der Waals surface area contributed by atoms with Crippen LogP contribution < -0.4 is 15.4 Å². The highest BCUT2D eigenvalue weighted by Crippen LogP contribution is 2.29. The van der Waals surface area contributed by atoms with E-state index in [-0.39, 0.29) is 0 Å². The number of rotatable bonds is 6. The van der Waals surface area contributed by atoms with Gasteiger partial charge in [-0.25, -0.2) is 4.98 Å². The number of benzene rings is 1. The molecule has 0 aliphatic rings. The lowest BCUT2D eigenvalue weighted by Crippen LogP contribution is -2.06. The summed E-state index contributed by atoms with van der Waals surface area (Å²) in [6.07, 6.45) is 0. The van der Waals surface area contributed by atoms with Crippen LogP contribution in [0, 0.1) is 0 Å². The van der Waals surface area contributed by atoms with Crippen molar-refractivity contribution in [2.45, 2.75) is 13.5 Å². The van der Waals surface area contributed by atoms with Gasteiger partial charge in [0.25, 0.3) is 0 Å². The fraction of sp³-hybridized carbons (Fsp3) is 0.267. The number of methoxy groups -OCH3 is 1. The molecule has 0 atom stereocenters. The van der Waals surface area contributed by atoms with Crippen molar-refractivity contribution < 1.29 is 4.74 Å². The van der Waals surface area contributed by atoms with Crippen molar-refractivity contribution in [2.24, 2.45) is 0 Å². The van der Waals surface area contributed by atoms with Crippen LogP contribution in [0.1, 0.15) is 12.5 Å². The molecule has 1 aromatic carbocycles. The van der Waals surface area contributed by atoms with Gasteiger partial charge in [0.05, 0.1) is 17.2 Å². The minimum absolute atomic E-state index is 0.490. The lowest BCUT2D eigenvalue weighted by molar-refractivity contribution is 0.414. The standard InChI is InChI=1S/C15H17Cl2N3O/c1-3-18-14-12(16)8-13(17)15(20-14)19-9-10-5-4-6-11(7-10)21-2/h4-8H,3,9H2,1-2H3,(H2,18,19,20). The van der Waals surface area contributed by atoms with Crippen molar-refractivity contribution in [3.8, 4) is 5.75 Å². The first-order chi connectivity index (χ1) is 10.1. The fourth-order valence-corrected chi connectivity index (χ4v) is 2.34. The first-order valence-corrected chi connectivity index (χ1v) is 7.36. The summed E-state index contributed by atoms with van der Waals surface area (Å²) >= 11 is 12.2. The van der Waals surface area contributed by atoms with Crippen LogP contribution in [0.3, 0.4) is 0 Å². The van der Waals surface area contributed by atoms with Gasteiger partial charge in [-0.2, -0.15) is 0 Å². The largest absolute Gasteiger partial charge is 0.497 e. The Hall–Kier alpha value is -1.65. The molecule has 6 heteroatoms. The minimum atomic E-state index is 0.490. The van der Waals surface area contributed by atoms with E-state index in [0.29, 0.717) is 28.2 Å². The Morgan fingerprint density at radius 1 is 1.10 bits per heavy atom. The Labute approximate surface area is 134 Å². The minimum Gasteiger partial charge on any atom is -0.497 e. The molecule has 21 heavy (non-hydrogen) atoms. The van der Waals surface area contributed by atoms with Crippen LogP contribution in [0.25, 0.3) is 0 Å². The first-order valence-electron chi connectivity index (χ1n) is 6.60. The van der Waals surface area contributed by atoms with Crippen molar-refractivity contribution >= 4 is 34.8 Å². The molecule has 2 N–H and O–H groups in total. The van der Waals surface area contributed by atoms with Crippen LogP contribution in [-0.4, -0.2) is 18.6 Å². The topological polar surface area (TPSA) is 46.2 Å². The Bertz CT molecular complexity index is 620. The average molecular weight is 326 g/mol. The van der Waals surface area contributed by atoms with Crippen molar-refractivity contribution in [3.05, 3.63) is 45.9 Å². The van der Waals surface area contributed by atoms with Gasteiger partial charge in [-0.3, -0.25) is 0 Å². The molecule has 0 amide bonds. The van der Waals surface area contributed by atoms with Crippen molar-refractivity contribution in [2.75, 3.05) is 24.3 Å². The molecule has 1 aromatic heterocycles. The van der Waals surface area contributed by atoms with E-state index in [1.165, 1.54) is 0 Å². The van der Waals surface area contributed by atoms with Gasteiger partial charge in [0.2, 0.25) is 0 Å². The predicted molar refractivity (Wildman–Crippen MR) is 88.7 cm³/mol. The molecule has 0 fully saturated rings. The zero-order chi connectivity index (χ0) is 15.2. The second kappa shape index (κ2) is 7.38. The third-order valence-corrected chi connectivity index (χ3v) is 3.44. The van der Waals surface area contributed by atoms with Crippen LogP contribution in [0.2, 0.25) is 10.0 Å². The summed E-state index contributed by atoms with van der Waals surface area (Å²) in [5.41, 5.74) is 1.08. The Morgan fingerprint density at radius 2 is 1.81 bits per heavy atom. The second-order valence-corrected chi connectivity index (χ2v) is 5.20. The molecule has 0 unspecified atom stereocenters. The fourth-order valence-electron chi connectivity index (χ4n) is 1.85. The van der Waals surface area contributed by atoms with Gasteiger partial charge < -0.3 is 15.4 Å². The summed E-state index contributed by atoms with van der Waals surface area (Å²) in [6.45, 7) is 3.32. The Balaban J connectivity index is 2.13. The highest BCUT2D eigenvalue weighted by molar-refractivity contribution is 6.37. The molecule has 0 aliphatic heterocycles. The van der Waals surface area contributed by atoms with Crippen LogP contribution in [0.4, 0.5) is 11.6 Å². The molecule has 2 aromatic rings. The lowest BCUT2D eigenvalue weighted by atomic mass is 10.2. The van der Waals surface area contributed by atoms with E-state index in [1.807, 2.05) is 31.2 Å². The smallest absolute Gasteiger partial charge is 0.147 e. The number of halogens is 2. The molecule has 112 valence electrons. The lowest BCUT2D eigenvalue weighted by Gasteiger charge is -2.12. The Kier molecular flexibility index (Phi) is 5.53. The highest BCUT2D eigenvalue weighted by atomic mass is 35.5. The maximum atomic E-state index is 6.16. The number of pyridine rings is 1. The molecule has 0 aliphatic carbocycles. The number of anilines is 2. The zero-order valence-electron chi connectivity index (χ0n) is 11.9. The van der Waals surface area contributed by atoms with E-state index in [0.717, 1.165) is 17.9 Å². The molecule has 0 spiro atoms. The first kappa shape index (κ1) is 15.7. The van der Waals surface area contributed by atoms with Gasteiger partial charge in [0, 0.05) is 13.1 Å². The number of hydrogen-bond donors (Lipinski definition) is 2. The summed E-state index contributed by atoms with van der Waals surface area (Å²) in [4.78, 5) is 4.40. The molecule has 0 radical (unpaired) electrons. The number of ether oxygens (including phenoxy) is 1. The number of nitrogens with zero attached hydrogens (tertiary/aromatic N) is 1. The summed E-state index contributed by atoms with van der Waals surface area (Å²) in [5.74, 6) is 2.04. The normalized spacial score (nSPS) is 10.3. The molecule has 0 saturated carbocycles. The van der Waals surface area contributed by atoms with E-state index in [1.54, 1.807) is 13.2 Å². The van der Waals surface area contributed by atoms with Crippen molar-refractivity contribution in [1.82, 2.24) is 4.98 Å². The molecule has 2 rings (SSSR count). The quantitative estimate of drug-likeness (QED) is 0.824. The SMILES string of the molecule is CCNc1nc(NCc2cccc(OC)c2)c(Cl)cc1Cl. The zero-order valence-corrected chi connectivity index (χ0v) is 13.4. The third kappa shape index (κ3) is 4.16. The van der Waals surface area contributed by atoms with Gasteiger partial charge in [-0.1, -0.05) is 35.3 Å². The van der Waals surface area contributed by atoms with E-state index < -0.39 is 0 Å². The molecule has 0 saturated heterocycles. The van der Waals surface area contributed by atoms with E-state index in [2.05, 4.69) is 15.6 Å². The van der Waals surface area contributed by atoms with Crippen molar-refractivity contribution in [3.63, 3.8) is 0 Å². The summed E-state index contributed by atoms with van der Waals surface area (Å²) in [5, 5.41) is 7.31. The van der Waals surface area contributed by atoms with Crippen LogP contribution >= 0.6 is 23.2 Å². The second-order valence-electron chi connectivity index (χ2n) is 4.38. The van der Waals surface area contributed by atoms with Gasteiger partial charge in [0.15, 0.2) is 0 Å². The average Bonchev–Trinajstić information content (AvgIpc) is 2.49. The summed E-state index contributed by atoms with van der Waals surface area (Å²) in [6, 6.07) is 9.49. The molecule has 0 bridgehead atoms. The number of nitrogens with one attached hydrogen (secondary N) is 2. The van der Waals surface area contributed by atoms with Gasteiger partial charge in [-0.05, 0) is 30.7 Å². The Morgan fingerprint density at radius 3 is 2.48 bits per heavy atom. The van der Waals surface area contributed by atoms with E-state index in [9.17, 15) is 0 Å². The monoisotopic (exact) mass is 325 g/mol. The third-order valence-electron chi connectivity index (χ3n) is 2.87. The van der Waals surface area contributed by atoms with Crippen LogP contribution in [0.5, 0.6) is 5.75 Å².